The quantitative estimate of drug-likeness (QED) is 0.581. The minimum atomic E-state index is -0.585. The minimum absolute atomic E-state index is 0.00723. The Morgan fingerprint density at radius 2 is 1.75 bits per heavy atom. The summed E-state index contributed by atoms with van der Waals surface area (Å²) in [7, 11) is 0. The van der Waals surface area contributed by atoms with Crippen molar-refractivity contribution in [1.82, 2.24) is 10.4 Å². The Bertz CT molecular complexity index is 982. The fourth-order valence-electron chi connectivity index (χ4n) is 3.37. The molecule has 1 N–H and O–H groups in total. The number of benzene rings is 2. The van der Waals surface area contributed by atoms with Crippen LogP contribution in [0.1, 0.15) is 24.8 Å². The first kappa shape index (κ1) is 23.6. The van der Waals surface area contributed by atoms with Crippen molar-refractivity contribution in [1.29, 1.82) is 0 Å². The number of hydrazine groups is 1. The minimum Gasteiger partial charge on any atom is -0.486 e. The lowest BCUT2D eigenvalue weighted by atomic mass is 9.92. The molecule has 2 aromatic rings. The molecular formula is C24H24ClFN2O4. The second-order valence-corrected chi connectivity index (χ2v) is 7.94. The molecule has 1 aliphatic heterocycles. The predicted molar refractivity (Wildman–Crippen MR) is 119 cm³/mol. The smallest absolute Gasteiger partial charge is 0.272 e. The SMILES string of the molecule is C#Cc1ccc(OCC(=O)NN2CCC(CC(=O)COc3ccc(Cl)c(F)c3)CC2)cc1. The number of nitrogens with zero attached hydrogens (tertiary/aromatic N) is 1. The largest absolute Gasteiger partial charge is 0.486 e. The summed E-state index contributed by atoms with van der Waals surface area (Å²) in [5.74, 6) is 2.69. The van der Waals surface area contributed by atoms with Crippen LogP contribution in [0.15, 0.2) is 42.5 Å². The van der Waals surface area contributed by atoms with Crippen molar-refractivity contribution >= 4 is 23.3 Å². The van der Waals surface area contributed by atoms with Crippen molar-refractivity contribution < 1.29 is 23.5 Å². The molecule has 0 spiro atoms. The van der Waals surface area contributed by atoms with Crippen LogP contribution in [0.5, 0.6) is 11.5 Å². The summed E-state index contributed by atoms with van der Waals surface area (Å²) in [4.78, 5) is 24.3. The molecule has 1 amide bonds. The second kappa shape index (κ2) is 11.5. The summed E-state index contributed by atoms with van der Waals surface area (Å²) in [5, 5.41) is 1.84. The van der Waals surface area contributed by atoms with Crippen molar-refractivity contribution in [3.05, 3.63) is 58.9 Å². The number of hydrogen-bond acceptors (Lipinski definition) is 5. The summed E-state index contributed by atoms with van der Waals surface area (Å²) in [6.07, 6.45) is 7.24. The highest BCUT2D eigenvalue weighted by Gasteiger charge is 2.23. The number of piperidine rings is 1. The number of carbonyl (C=O) groups is 2. The van der Waals surface area contributed by atoms with Crippen molar-refractivity contribution in [2.75, 3.05) is 26.3 Å². The molecule has 32 heavy (non-hydrogen) atoms. The molecule has 0 aromatic heterocycles. The highest BCUT2D eigenvalue weighted by Crippen LogP contribution is 2.22. The third-order valence-electron chi connectivity index (χ3n) is 5.10. The van der Waals surface area contributed by atoms with Gasteiger partial charge in [-0.3, -0.25) is 15.0 Å². The molecule has 0 bridgehead atoms. The van der Waals surface area contributed by atoms with Crippen molar-refractivity contribution in [3.8, 4) is 23.8 Å². The molecule has 1 aliphatic rings. The van der Waals surface area contributed by atoms with Crippen LogP contribution in [0.3, 0.4) is 0 Å². The first-order chi connectivity index (χ1) is 15.4. The van der Waals surface area contributed by atoms with Gasteiger partial charge in [0.1, 0.15) is 23.9 Å². The van der Waals surface area contributed by atoms with Gasteiger partial charge in [0.25, 0.3) is 5.91 Å². The van der Waals surface area contributed by atoms with Crippen LogP contribution in [0, 0.1) is 24.1 Å². The van der Waals surface area contributed by atoms with Crippen LogP contribution in [-0.2, 0) is 9.59 Å². The first-order valence-corrected chi connectivity index (χ1v) is 10.6. The Labute approximate surface area is 191 Å². The van der Waals surface area contributed by atoms with Crippen LogP contribution in [-0.4, -0.2) is 43.0 Å². The third kappa shape index (κ3) is 7.26. The molecule has 3 rings (SSSR count). The molecule has 1 saturated heterocycles. The summed E-state index contributed by atoms with van der Waals surface area (Å²) in [6, 6.07) is 11.0. The maximum absolute atomic E-state index is 13.4. The molecule has 168 valence electrons. The van der Waals surface area contributed by atoms with Crippen LogP contribution < -0.4 is 14.9 Å². The standard InChI is InChI=1S/C24H24ClFN2O4/c1-2-17-3-5-20(6-4-17)32-16-24(30)27-28-11-9-18(10-12-28)13-19(29)15-31-21-7-8-22(25)23(26)14-21/h1,3-8,14,18H,9-13,15-16H2,(H,27,30). The maximum Gasteiger partial charge on any atom is 0.272 e. The van der Waals surface area contributed by atoms with Crippen molar-refractivity contribution in [2.24, 2.45) is 5.92 Å². The number of ether oxygens (including phenoxy) is 2. The number of amides is 1. The summed E-state index contributed by atoms with van der Waals surface area (Å²) in [5.41, 5.74) is 3.57. The molecule has 1 heterocycles. The van der Waals surface area contributed by atoms with Gasteiger partial charge in [-0.2, -0.15) is 0 Å². The fourth-order valence-corrected chi connectivity index (χ4v) is 3.48. The van der Waals surface area contributed by atoms with Crippen LogP contribution >= 0.6 is 11.6 Å². The van der Waals surface area contributed by atoms with E-state index < -0.39 is 5.82 Å². The zero-order valence-corrected chi connectivity index (χ0v) is 18.2. The molecule has 1 fully saturated rings. The Morgan fingerprint density at radius 1 is 1.09 bits per heavy atom. The Morgan fingerprint density at radius 3 is 2.41 bits per heavy atom. The van der Waals surface area contributed by atoms with Gasteiger partial charge in [-0.05, 0) is 55.2 Å². The van der Waals surface area contributed by atoms with Gasteiger partial charge in [0.05, 0.1) is 5.02 Å². The lowest BCUT2D eigenvalue weighted by Crippen LogP contribution is -2.48. The second-order valence-electron chi connectivity index (χ2n) is 7.53. The molecule has 0 aliphatic carbocycles. The van der Waals surface area contributed by atoms with Gasteiger partial charge in [-0.1, -0.05) is 17.5 Å². The highest BCUT2D eigenvalue weighted by atomic mass is 35.5. The average molecular weight is 459 g/mol. The van der Waals surface area contributed by atoms with E-state index in [1.54, 1.807) is 24.3 Å². The number of Topliss-reactive ketones (excluding diaryl/α,β-unsaturated/α-hetero) is 1. The number of rotatable bonds is 9. The number of halogens is 2. The average Bonchev–Trinajstić information content (AvgIpc) is 2.80. The highest BCUT2D eigenvalue weighted by molar-refractivity contribution is 6.30. The van der Waals surface area contributed by atoms with Gasteiger partial charge in [0, 0.05) is 31.1 Å². The maximum atomic E-state index is 13.4. The number of nitrogens with one attached hydrogen (secondary N) is 1. The van der Waals surface area contributed by atoms with Gasteiger partial charge in [0.2, 0.25) is 0 Å². The molecular weight excluding hydrogens is 435 g/mol. The first-order valence-electron chi connectivity index (χ1n) is 10.3. The van der Waals surface area contributed by atoms with E-state index in [1.165, 1.54) is 12.1 Å². The number of ketones is 1. The van der Waals surface area contributed by atoms with Crippen molar-refractivity contribution in [3.63, 3.8) is 0 Å². The summed E-state index contributed by atoms with van der Waals surface area (Å²) < 4.78 is 24.2. The molecule has 0 atom stereocenters. The van der Waals surface area contributed by atoms with E-state index in [9.17, 15) is 14.0 Å². The van der Waals surface area contributed by atoms with Crippen molar-refractivity contribution in [2.45, 2.75) is 19.3 Å². The van der Waals surface area contributed by atoms with E-state index in [-0.39, 0.29) is 41.6 Å². The van der Waals surface area contributed by atoms with Crippen LogP contribution in [0.25, 0.3) is 0 Å². The zero-order valence-electron chi connectivity index (χ0n) is 17.5. The van der Waals surface area contributed by atoms with Gasteiger partial charge in [-0.15, -0.1) is 6.42 Å². The van der Waals surface area contributed by atoms with E-state index in [0.717, 1.165) is 24.5 Å². The molecule has 2 aromatic carbocycles. The summed E-state index contributed by atoms with van der Waals surface area (Å²) in [6.45, 7) is 1.07. The number of carbonyl (C=O) groups excluding carboxylic acids is 2. The van der Waals surface area contributed by atoms with E-state index >= 15 is 0 Å². The lowest BCUT2D eigenvalue weighted by Gasteiger charge is -2.31. The van der Waals surface area contributed by atoms with Crippen LogP contribution in [0.4, 0.5) is 4.39 Å². The van der Waals surface area contributed by atoms with Crippen LogP contribution in [0.2, 0.25) is 5.02 Å². The lowest BCUT2D eigenvalue weighted by molar-refractivity contribution is -0.129. The fraction of sp³-hybridized carbons (Fsp3) is 0.333. The molecule has 6 nitrogen and oxygen atoms in total. The summed E-state index contributed by atoms with van der Waals surface area (Å²) >= 11 is 5.63. The van der Waals surface area contributed by atoms with Gasteiger partial charge < -0.3 is 9.47 Å². The molecule has 8 heteroatoms. The van der Waals surface area contributed by atoms with Gasteiger partial charge in [0.15, 0.2) is 12.4 Å². The van der Waals surface area contributed by atoms with Gasteiger partial charge in [-0.25, -0.2) is 9.40 Å². The zero-order chi connectivity index (χ0) is 22.9. The number of terminal acetylenes is 1. The van der Waals surface area contributed by atoms with E-state index in [1.807, 2.05) is 5.01 Å². The van der Waals surface area contributed by atoms with E-state index in [0.29, 0.717) is 25.3 Å². The third-order valence-corrected chi connectivity index (χ3v) is 5.40. The Balaban J connectivity index is 1.32. The normalized spacial score (nSPS) is 14.4. The monoisotopic (exact) mass is 458 g/mol. The van der Waals surface area contributed by atoms with Gasteiger partial charge >= 0.3 is 0 Å². The predicted octanol–water partition coefficient (Wildman–Crippen LogP) is 3.62. The molecule has 0 saturated carbocycles. The molecule has 0 radical (unpaired) electrons. The number of hydrogen-bond donors (Lipinski definition) is 1. The molecule has 0 unspecified atom stereocenters. The Hall–Kier alpha value is -3.08. The topological polar surface area (TPSA) is 67.9 Å². The Kier molecular flexibility index (Phi) is 8.48. The van der Waals surface area contributed by atoms with E-state index in [4.69, 9.17) is 27.5 Å². The van der Waals surface area contributed by atoms with E-state index in [2.05, 4.69) is 11.3 Å².